The molecule has 2 rings (SSSR count). The first-order chi connectivity index (χ1) is 9.20. The summed E-state index contributed by atoms with van der Waals surface area (Å²) < 4.78 is 0. The number of rotatable bonds is 4. The van der Waals surface area contributed by atoms with Gasteiger partial charge < -0.3 is 4.79 Å². The van der Waals surface area contributed by atoms with E-state index in [0.29, 0.717) is 16.5 Å². The Bertz CT molecular complexity index is 618. The molecule has 0 spiro atoms. The van der Waals surface area contributed by atoms with E-state index in [1.54, 1.807) is 6.07 Å². The van der Waals surface area contributed by atoms with Crippen LogP contribution in [-0.4, -0.2) is 6.29 Å². The van der Waals surface area contributed by atoms with Gasteiger partial charge in [0, 0.05) is 6.42 Å². The molecule has 0 unspecified atom stereocenters. The zero-order valence-electron chi connectivity index (χ0n) is 10.1. The van der Waals surface area contributed by atoms with Gasteiger partial charge in [-0.05, 0) is 28.8 Å². The minimum absolute atomic E-state index is 0.419. The number of carbonyl (C=O) groups is 1. The van der Waals surface area contributed by atoms with Gasteiger partial charge in [0.05, 0.1) is 10.0 Å². The Balaban J connectivity index is 2.27. The third kappa shape index (κ3) is 3.69. The van der Waals surface area contributed by atoms with E-state index in [9.17, 15) is 4.79 Å². The smallest absolute Gasteiger partial charge is 0.124 e. The molecule has 0 N–H and O–H groups in total. The molecule has 0 radical (unpaired) electrons. The Morgan fingerprint density at radius 2 is 1.74 bits per heavy atom. The second kappa shape index (κ2) is 6.55. The van der Waals surface area contributed by atoms with Crippen molar-refractivity contribution in [3.8, 4) is 0 Å². The Hall–Kier alpha value is -1.57. The first kappa shape index (κ1) is 13.9. The molecule has 0 heterocycles. The summed E-state index contributed by atoms with van der Waals surface area (Å²) in [5, 5.41) is 1.07. The topological polar surface area (TPSA) is 17.1 Å². The lowest BCUT2D eigenvalue weighted by Gasteiger charge is -2.02. The number of hydrogen-bond acceptors (Lipinski definition) is 1. The number of benzene rings is 2. The summed E-state index contributed by atoms with van der Waals surface area (Å²) in [5.74, 6) is 0. The molecule has 2 aromatic carbocycles. The summed E-state index contributed by atoms with van der Waals surface area (Å²) in [4.78, 5) is 10.6. The average Bonchev–Trinajstić information content (AvgIpc) is 2.42. The lowest BCUT2D eigenvalue weighted by atomic mass is 10.0. The second-order valence-electron chi connectivity index (χ2n) is 4.08. The fraction of sp³-hybridized carbons (Fsp3) is 0.0625. The van der Waals surface area contributed by atoms with Crippen molar-refractivity contribution in [1.29, 1.82) is 0 Å². The molecule has 0 aliphatic carbocycles. The normalized spacial score (nSPS) is 10.8. The van der Waals surface area contributed by atoms with E-state index in [-0.39, 0.29) is 0 Å². The Labute approximate surface area is 122 Å². The quantitative estimate of drug-likeness (QED) is 0.578. The van der Waals surface area contributed by atoms with Gasteiger partial charge in [0.15, 0.2) is 0 Å². The third-order valence-electron chi connectivity index (χ3n) is 2.76. The van der Waals surface area contributed by atoms with Gasteiger partial charge in [0.25, 0.3) is 0 Å². The molecule has 2 aromatic rings. The van der Waals surface area contributed by atoms with Crippen LogP contribution < -0.4 is 0 Å². The van der Waals surface area contributed by atoms with Crippen LogP contribution in [0.3, 0.4) is 0 Å². The first-order valence-electron chi connectivity index (χ1n) is 5.85. The molecule has 0 atom stereocenters. The van der Waals surface area contributed by atoms with Crippen LogP contribution in [0.2, 0.25) is 10.0 Å². The summed E-state index contributed by atoms with van der Waals surface area (Å²) in [6, 6.07) is 13.3. The highest BCUT2D eigenvalue weighted by Gasteiger charge is 1.99. The first-order valence-corrected chi connectivity index (χ1v) is 6.61. The molecule has 0 aromatic heterocycles. The van der Waals surface area contributed by atoms with E-state index < -0.39 is 0 Å². The Kier molecular flexibility index (Phi) is 4.78. The van der Waals surface area contributed by atoms with E-state index in [0.717, 1.165) is 23.0 Å². The van der Waals surface area contributed by atoms with Crippen LogP contribution in [0.25, 0.3) is 12.2 Å². The number of carbonyl (C=O) groups excluding carboxylic acids is 1. The molecule has 0 amide bonds. The van der Waals surface area contributed by atoms with Crippen LogP contribution in [0, 0.1) is 0 Å². The van der Waals surface area contributed by atoms with E-state index in [4.69, 9.17) is 23.2 Å². The highest BCUT2D eigenvalue weighted by Crippen LogP contribution is 2.23. The summed E-state index contributed by atoms with van der Waals surface area (Å²) in [6.45, 7) is 0. The molecule has 0 aliphatic rings. The van der Waals surface area contributed by atoms with Gasteiger partial charge in [0.2, 0.25) is 0 Å². The fourth-order valence-electron chi connectivity index (χ4n) is 1.77. The van der Waals surface area contributed by atoms with Crippen LogP contribution in [0.5, 0.6) is 0 Å². The maximum atomic E-state index is 10.6. The van der Waals surface area contributed by atoms with Crippen molar-refractivity contribution in [2.45, 2.75) is 6.42 Å². The molecule has 0 bridgehead atoms. The maximum Gasteiger partial charge on any atom is 0.124 e. The molecule has 96 valence electrons. The zero-order chi connectivity index (χ0) is 13.7. The number of hydrogen-bond donors (Lipinski definition) is 0. The van der Waals surface area contributed by atoms with Crippen molar-refractivity contribution < 1.29 is 4.79 Å². The Morgan fingerprint density at radius 3 is 2.47 bits per heavy atom. The van der Waals surface area contributed by atoms with Crippen LogP contribution >= 0.6 is 23.2 Å². The second-order valence-corrected chi connectivity index (χ2v) is 4.89. The molecular weight excluding hydrogens is 279 g/mol. The van der Waals surface area contributed by atoms with Crippen molar-refractivity contribution in [3.05, 3.63) is 69.2 Å². The lowest BCUT2D eigenvalue weighted by molar-refractivity contribution is -0.107. The van der Waals surface area contributed by atoms with Crippen molar-refractivity contribution in [1.82, 2.24) is 0 Å². The molecule has 1 nitrogen and oxygen atoms in total. The largest absolute Gasteiger partial charge is 0.303 e. The van der Waals surface area contributed by atoms with Crippen LogP contribution in [0.15, 0.2) is 42.5 Å². The predicted molar refractivity (Wildman–Crippen MR) is 81.6 cm³/mol. The monoisotopic (exact) mass is 290 g/mol. The molecule has 0 fully saturated rings. The van der Waals surface area contributed by atoms with E-state index >= 15 is 0 Å². The van der Waals surface area contributed by atoms with Crippen LogP contribution in [0.4, 0.5) is 0 Å². The predicted octanol–water partition coefficient (Wildman–Crippen LogP) is 4.91. The van der Waals surface area contributed by atoms with Crippen molar-refractivity contribution >= 4 is 41.6 Å². The van der Waals surface area contributed by atoms with Crippen LogP contribution in [-0.2, 0) is 11.2 Å². The van der Waals surface area contributed by atoms with Gasteiger partial charge in [-0.25, -0.2) is 0 Å². The van der Waals surface area contributed by atoms with Gasteiger partial charge >= 0.3 is 0 Å². The van der Waals surface area contributed by atoms with Gasteiger partial charge in [-0.1, -0.05) is 65.7 Å². The average molecular weight is 291 g/mol. The summed E-state index contributed by atoms with van der Waals surface area (Å²) in [6.07, 6.45) is 5.25. The van der Waals surface area contributed by atoms with E-state index in [1.807, 2.05) is 48.6 Å². The van der Waals surface area contributed by atoms with Gasteiger partial charge in [-0.3, -0.25) is 0 Å². The lowest BCUT2D eigenvalue weighted by Crippen LogP contribution is -1.89. The minimum Gasteiger partial charge on any atom is -0.303 e. The van der Waals surface area contributed by atoms with Crippen molar-refractivity contribution in [2.75, 3.05) is 0 Å². The summed E-state index contributed by atoms with van der Waals surface area (Å²) in [7, 11) is 0. The molecule has 0 saturated carbocycles. The fourth-order valence-corrected chi connectivity index (χ4v) is 2.08. The minimum atomic E-state index is 0.419. The number of aldehydes is 1. The maximum absolute atomic E-state index is 10.6. The van der Waals surface area contributed by atoms with Gasteiger partial charge in [0.1, 0.15) is 6.29 Å². The Morgan fingerprint density at radius 1 is 0.947 bits per heavy atom. The van der Waals surface area contributed by atoms with E-state index in [2.05, 4.69) is 0 Å². The zero-order valence-corrected chi connectivity index (χ0v) is 11.7. The molecule has 3 heteroatoms. The van der Waals surface area contributed by atoms with Gasteiger partial charge in [-0.15, -0.1) is 0 Å². The molecule has 0 saturated heterocycles. The molecule has 19 heavy (non-hydrogen) atoms. The highest BCUT2D eigenvalue weighted by atomic mass is 35.5. The molecular formula is C16H12Cl2O. The van der Waals surface area contributed by atoms with Crippen molar-refractivity contribution in [3.63, 3.8) is 0 Å². The number of halogens is 2. The van der Waals surface area contributed by atoms with Crippen LogP contribution in [0.1, 0.15) is 16.7 Å². The van der Waals surface area contributed by atoms with E-state index in [1.165, 1.54) is 0 Å². The summed E-state index contributed by atoms with van der Waals surface area (Å²) in [5.41, 5.74) is 3.00. The third-order valence-corrected chi connectivity index (χ3v) is 3.50. The standard InChI is InChI=1S/C16H12Cl2O/c17-15-8-6-12(11-16(15)18)5-7-13-3-1-2-4-14(13)9-10-19/h1-8,10-11H,9H2. The van der Waals surface area contributed by atoms with Gasteiger partial charge in [-0.2, -0.15) is 0 Å². The SMILES string of the molecule is O=CCc1ccccc1C=Cc1ccc(Cl)c(Cl)c1. The summed E-state index contributed by atoms with van der Waals surface area (Å²) >= 11 is 11.8. The highest BCUT2D eigenvalue weighted by molar-refractivity contribution is 6.42. The van der Waals surface area contributed by atoms with Crippen molar-refractivity contribution in [2.24, 2.45) is 0 Å². The molecule has 0 aliphatic heterocycles.